The van der Waals surface area contributed by atoms with E-state index in [4.69, 9.17) is 0 Å². The lowest BCUT2D eigenvalue weighted by Gasteiger charge is -2.20. The van der Waals surface area contributed by atoms with E-state index in [1.165, 1.54) is 12.1 Å². The molecule has 0 heterocycles. The Balaban J connectivity index is 3.08. The van der Waals surface area contributed by atoms with E-state index in [9.17, 15) is 17.6 Å². The summed E-state index contributed by atoms with van der Waals surface area (Å²) in [5.74, 6) is -0.857. The molecular formula is C9H9F4N. The molecule has 0 saturated heterocycles. The van der Waals surface area contributed by atoms with Gasteiger partial charge < -0.3 is 5.32 Å². The molecule has 0 aliphatic carbocycles. The molecule has 0 amide bonds. The molecule has 0 fully saturated rings. The zero-order chi connectivity index (χ0) is 10.8. The summed E-state index contributed by atoms with van der Waals surface area (Å²) in [7, 11) is 1.14. The molecule has 1 aromatic carbocycles. The number of halogens is 4. The van der Waals surface area contributed by atoms with Gasteiger partial charge in [0.2, 0.25) is 0 Å². The maximum atomic E-state index is 13.0. The minimum atomic E-state index is -4.49. The molecule has 0 unspecified atom stereocenters. The normalized spacial score (nSPS) is 14.1. The molecule has 1 rings (SSSR count). The summed E-state index contributed by atoms with van der Waals surface area (Å²) >= 11 is 0. The van der Waals surface area contributed by atoms with E-state index in [1.807, 2.05) is 5.32 Å². The summed E-state index contributed by atoms with van der Waals surface area (Å²) in [6.07, 6.45) is -4.49. The van der Waals surface area contributed by atoms with Gasteiger partial charge in [0.05, 0.1) is 0 Å². The smallest absolute Gasteiger partial charge is 0.305 e. The highest BCUT2D eigenvalue weighted by Gasteiger charge is 2.40. The quantitative estimate of drug-likeness (QED) is 0.735. The zero-order valence-corrected chi connectivity index (χ0v) is 7.40. The number of rotatable bonds is 2. The van der Waals surface area contributed by atoms with Gasteiger partial charge in [0.25, 0.3) is 0 Å². The molecule has 14 heavy (non-hydrogen) atoms. The summed E-state index contributed by atoms with van der Waals surface area (Å²) in [4.78, 5) is 0. The van der Waals surface area contributed by atoms with Gasteiger partial charge in [0, 0.05) is 5.56 Å². The Morgan fingerprint density at radius 1 is 1.21 bits per heavy atom. The van der Waals surface area contributed by atoms with Crippen molar-refractivity contribution in [1.29, 1.82) is 0 Å². The average Bonchev–Trinajstić information content (AvgIpc) is 2.07. The molecule has 78 valence electrons. The highest BCUT2D eigenvalue weighted by molar-refractivity contribution is 5.22. The van der Waals surface area contributed by atoms with Crippen molar-refractivity contribution in [2.45, 2.75) is 12.2 Å². The Morgan fingerprint density at radius 3 is 2.21 bits per heavy atom. The minimum absolute atomic E-state index is 0.387. The molecule has 1 N–H and O–H groups in total. The fourth-order valence-corrected chi connectivity index (χ4v) is 1.20. The summed E-state index contributed by atoms with van der Waals surface area (Å²) in [6, 6.07) is 2.88. The minimum Gasteiger partial charge on any atom is -0.305 e. The molecule has 0 aromatic heterocycles. The van der Waals surface area contributed by atoms with Crippen LogP contribution in [0.25, 0.3) is 0 Å². The van der Waals surface area contributed by atoms with Crippen LogP contribution in [-0.2, 0) is 0 Å². The Morgan fingerprint density at radius 2 is 1.79 bits per heavy atom. The lowest BCUT2D eigenvalue weighted by atomic mass is 10.1. The van der Waals surface area contributed by atoms with Crippen molar-refractivity contribution < 1.29 is 17.6 Å². The monoisotopic (exact) mass is 207 g/mol. The maximum absolute atomic E-state index is 13.0. The maximum Gasteiger partial charge on any atom is 0.408 e. The zero-order valence-electron chi connectivity index (χ0n) is 7.40. The first-order valence-corrected chi connectivity index (χ1v) is 3.95. The van der Waals surface area contributed by atoms with Crippen LogP contribution in [0.2, 0.25) is 0 Å². The number of hydrogen-bond donors (Lipinski definition) is 1. The molecule has 0 bridgehead atoms. The molecule has 0 aliphatic heterocycles. The first kappa shape index (κ1) is 11.0. The third kappa shape index (κ3) is 2.23. The number of benzene rings is 1. The molecule has 0 aliphatic rings. The first-order chi connectivity index (χ1) is 6.46. The number of nitrogens with one attached hydrogen (secondary N) is 1. The van der Waals surface area contributed by atoms with Gasteiger partial charge in [-0.15, -0.1) is 0 Å². The largest absolute Gasteiger partial charge is 0.408 e. The molecule has 0 radical (unpaired) electrons. The number of hydrogen-bond acceptors (Lipinski definition) is 1. The highest BCUT2D eigenvalue weighted by atomic mass is 19.4. The highest BCUT2D eigenvalue weighted by Crippen LogP contribution is 2.33. The van der Waals surface area contributed by atoms with Crippen LogP contribution in [0.5, 0.6) is 0 Å². The van der Waals surface area contributed by atoms with Crippen LogP contribution in [0.1, 0.15) is 11.6 Å². The van der Waals surface area contributed by atoms with Crippen molar-refractivity contribution in [1.82, 2.24) is 5.32 Å². The summed E-state index contributed by atoms with van der Waals surface area (Å²) in [5.41, 5.74) is -0.387. The SMILES string of the molecule is CN[C@@H](c1ccccc1F)C(F)(F)F. The second kappa shape index (κ2) is 3.96. The Hall–Kier alpha value is -1.10. The van der Waals surface area contributed by atoms with Crippen LogP contribution in [0.3, 0.4) is 0 Å². The van der Waals surface area contributed by atoms with Crippen LogP contribution in [0.4, 0.5) is 17.6 Å². The molecular weight excluding hydrogens is 198 g/mol. The van der Waals surface area contributed by atoms with E-state index in [1.54, 1.807) is 0 Å². The van der Waals surface area contributed by atoms with Crippen LogP contribution in [0.15, 0.2) is 24.3 Å². The van der Waals surface area contributed by atoms with E-state index in [0.717, 1.165) is 19.2 Å². The van der Waals surface area contributed by atoms with Crippen molar-refractivity contribution >= 4 is 0 Å². The van der Waals surface area contributed by atoms with Gasteiger partial charge in [-0.05, 0) is 13.1 Å². The predicted octanol–water partition coefficient (Wildman–Crippen LogP) is 2.65. The Bertz CT molecular complexity index is 308. The van der Waals surface area contributed by atoms with Crippen molar-refractivity contribution in [3.8, 4) is 0 Å². The fourth-order valence-electron chi connectivity index (χ4n) is 1.20. The van der Waals surface area contributed by atoms with Gasteiger partial charge in [0.1, 0.15) is 11.9 Å². The van der Waals surface area contributed by atoms with E-state index in [0.29, 0.717) is 0 Å². The molecule has 0 spiro atoms. The second-order valence-corrected chi connectivity index (χ2v) is 2.78. The lowest BCUT2D eigenvalue weighted by molar-refractivity contribution is -0.156. The Kier molecular flexibility index (Phi) is 3.10. The fraction of sp³-hybridized carbons (Fsp3) is 0.333. The van der Waals surface area contributed by atoms with Crippen LogP contribution >= 0.6 is 0 Å². The van der Waals surface area contributed by atoms with Crippen molar-refractivity contribution in [3.05, 3.63) is 35.6 Å². The summed E-state index contributed by atoms with van der Waals surface area (Å²) in [5, 5.41) is 2.03. The molecule has 1 nitrogen and oxygen atoms in total. The van der Waals surface area contributed by atoms with Gasteiger partial charge in [-0.3, -0.25) is 0 Å². The molecule has 1 aromatic rings. The topological polar surface area (TPSA) is 12.0 Å². The van der Waals surface area contributed by atoms with Crippen LogP contribution in [0, 0.1) is 5.82 Å². The summed E-state index contributed by atoms with van der Waals surface area (Å²) in [6.45, 7) is 0. The second-order valence-electron chi connectivity index (χ2n) is 2.78. The third-order valence-corrected chi connectivity index (χ3v) is 1.83. The lowest BCUT2D eigenvalue weighted by Crippen LogP contribution is -2.32. The van der Waals surface area contributed by atoms with E-state index < -0.39 is 18.0 Å². The predicted molar refractivity (Wildman–Crippen MR) is 44.3 cm³/mol. The van der Waals surface area contributed by atoms with Crippen molar-refractivity contribution in [2.24, 2.45) is 0 Å². The van der Waals surface area contributed by atoms with Crippen molar-refractivity contribution in [2.75, 3.05) is 7.05 Å². The molecule has 0 saturated carbocycles. The number of alkyl halides is 3. The van der Waals surface area contributed by atoms with E-state index >= 15 is 0 Å². The average molecular weight is 207 g/mol. The van der Waals surface area contributed by atoms with Gasteiger partial charge in [-0.1, -0.05) is 18.2 Å². The van der Waals surface area contributed by atoms with Crippen LogP contribution in [-0.4, -0.2) is 13.2 Å². The summed E-state index contributed by atoms with van der Waals surface area (Å²) < 4.78 is 50.1. The standard InChI is InChI=1S/C9H9F4N/c1-14-8(9(11,12)13)6-4-2-3-5-7(6)10/h2-5,8,14H,1H3/t8-/m0/s1. The van der Waals surface area contributed by atoms with Crippen LogP contribution < -0.4 is 5.32 Å². The Labute approximate surface area is 78.7 Å². The van der Waals surface area contributed by atoms with Gasteiger partial charge in [0.15, 0.2) is 0 Å². The van der Waals surface area contributed by atoms with Gasteiger partial charge in [-0.2, -0.15) is 13.2 Å². The first-order valence-electron chi connectivity index (χ1n) is 3.95. The van der Waals surface area contributed by atoms with Crippen molar-refractivity contribution in [3.63, 3.8) is 0 Å². The third-order valence-electron chi connectivity index (χ3n) is 1.83. The molecule has 1 atom stereocenters. The van der Waals surface area contributed by atoms with Gasteiger partial charge in [-0.25, -0.2) is 4.39 Å². The van der Waals surface area contributed by atoms with Gasteiger partial charge >= 0.3 is 6.18 Å². The van der Waals surface area contributed by atoms with E-state index in [-0.39, 0.29) is 5.56 Å². The van der Waals surface area contributed by atoms with E-state index in [2.05, 4.69) is 0 Å². The molecule has 5 heteroatoms.